The Labute approximate surface area is 75.2 Å². The lowest BCUT2D eigenvalue weighted by Gasteiger charge is -2.03. The van der Waals surface area contributed by atoms with Gasteiger partial charge in [0, 0.05) is 0 Å². The molecule has 0 atom stereocenters. The molecule has 0 unspecified atom stereocenters. The molecule has 0 radical (unpaired) electrons. The van der Waals surface area contributed by atoms with Crippen molar-refractivity contribution in [3.05, 3.63) is 41.1 Å². The van der Waals surface area contributed by atoms with E-state index in [-0.39, 0.29) is 0 Å². The summed E-state index contributed by atoms with van der Waals surface area (Å²) in [6.45, 7) is 3.40. The van der Waals surface area contributed by atoms with Gasteiger partial charge in [-0.15, -0.1) is 0 Å². The molecule has 1 aromatic carbocycles. The minimum atomic E-state index is 0.450. The fourth-order valence-corrected chi connectivity index (χ4v) is 1.16. The van der Waals surface area contributed by atoms with Crippen LogP contribution in [0.5, 0.6) is 5.75 Å². The van der Waals surface area contributed by atoms with E-state index in [4.69, 9.17) is 27.9 Å². The Hall–Kier alpha value is -0.660. The van der Waals surface area contributed by atoms with E-state index in [1.165, 1.54) is 6.26 Å². The summed E-state index contributed by atoms with van der Waals surface area (Å²) in [6.07, 6.45) is 1.28. The standard InChI is InChI=1S/C8H6Cl2O/c1-2-11-8-6(9)4-3-5-7(8)10/h2-5H,1H2. The Morgan fingerprint density at radius 1 is 1.27 bits per heavy atom. The van der Waals surface area contributed by atoms with E-state index < -0.39 is 0 Å². The van der Waals surface area contributed by atoms with Gasteiger partial charge in [-0.2, -0.15) is 0 Å². The molecule has 0 saturated carbocycles. The van der Waals surface area contributed by atoms with Crippen LogP contribution < -0.4 is 4.74 Å². The third-order valence-electron chi connectivity index (χ3n) is 1.12. The number of ether oxygens (including phenoxy) is 1. The number of hydrogen-bond acceptors (Lipinski definition) is 1. The van der Waals surface area contributed by atoms with Crippen molar-refractivity contribution in [3.63, 3.8) is 0 Å². The van der Waals surface area contributed by atoms with Gasteiger partial charge in [-0.1, -0.05) is 35.8 Å². The second kappa shape index (κ2) is 3.65. The highest BCUT2D eigenvalue weighted by Gasteiger charge is 2.03. The molecule has 1 rings (SSSR count). The zero-order valence-electron chi connectivity index (χ0n) is 5.68. The summed E-state index contributed by atoms with van der Waals surface area (Å²) in [5.74, 6) is 0.450. The van der Waals surface area contributed by atoms with Crippen LogP contribution in [0.2, 0.25) is 10.0 Å². The fourth-order valence-electron chi connectivity index (χ4n) is 0.678. The van der Waals surface area contributed by atoms with Gasteiger partial charge in [0.25, 0.3) is 0 Å². The van der Waals surface area contributed by atoms with Crippen molar-refractivity contribution in [1.29, 1.82) is 0 Å². The van der Waals surface area contributed by atoms with Gasteiger partial charge in [0.15, 0.2) is 5.75 Å². The summed E-state index contributed by atoms with van der Waals surface area (Å²) in [6, 6.07) is 5.15. The lowest BCUT2D eigenvalue weighted by molar-refractivity contribution is 0.484. The summed E-state index contributed by atoms with van der Waals surface area (Å²) in [5, 5.41) is 0.967. The number of benzene rings is 1. The summed E-state index contributed by atoms with van der Waals surface area (Å²) in [4.78, 5) is 0. The van der Waals surface area contributed by atoms with Crippen LogP contribution in [0.25, 0.3) is 0 Å². The van der Waals surface area contributed by atoms with Gasteiger partial charge >= 0.3 is 0 Å². The zero-order valence-corrected chi connectivity index (χ0v) is 7.19. The summed E-state index contributed by atoms with van der Waals surface area (Å²) in [7, 11) is 0. The second-order valence-electron chi connectivity index (χ2n) is 1.84. The van der Waals surface area contributed by atoms with E-state index in [9.17, 15) is 0 Å². The highest BCUT2D eigenvalue weighted by Crippen LogP contribution is 2.32. The molecule has 58 valence electrons. The van der Waals surface area contributed by atoms with Gasteiger partial charge in [0.1, 0.15) is 0 Å². The SMILES string of the molecule is C=COc1c(Cl)cccc1Cl. The molecule has 11 heavy (non-hydrogen) atoms. The van der Waals surface area contributed by atoms with Crippen molar-refractivity contribution >= 4 is 23.2 Å². The average Bonchev–Trinajstić information content (AvgIpc) is 1.97. The van der Waals surface area contributed by atoms with Crippen LogP contribution in [0.3, 0.4) is 0 Å². The maximum absolute atomic E-state index is 5.75. The zero-order chi connectivity index (χ0) is 8.27. The van der Waals surface area contributed by atoms with Crippen LogP contribution >= 0.6 is 23.2 Å². The summed E-state index contributed by atoms with van der Waals surface area (Å²) < 4.78 is 4.97. The minimum Gasteiger partial charge on any atom is -0.462 e. The first-order valence-corrected chi connectivity index (χ1v) is 3.73. The Balaban J connectivity index is 3.09. The normalized spacial score (nSPS) is 9.27. The molecule has 1 nitrogen and oxygen atoms in total. The molecule has 0 aromatic heterocycles. The molecule has 0 aliphatic heterocycles. The first kappa shape index (κ1) is 8.44. The average molecular weight is 189 g/mol. The molecule has 0 N–H and O–H groups in total. The minimum absolute atomic E-state index is 0.450. The van der Waals surface area contributed by atoms with Crippen molar-refractivity contribution in [2.45, 2.75) is 0 Å². The molecule has 0 spiro atoms. The molecule has 3 heteroatoms. The first-order valence-electron chi connectivity index (χ1n) is 2.97. The second-order valence-corrected chi connectivity index (χ2v) is 2.65. The highest BCUT2D eigenvalue weighted by atomic mass is 35.5. The molecule has 0 aliphatic rings. The van der Waals surface area contributed by atoms with Crippen molar-refractivity contribution in [2.75, 3.05) is 0 Å². The smallest absolute Gasteiger partial charge is 0.163 e. The van der Waals surface area contributed by atoms with Crippen LogP contribution in [0.15, 0.2) is 31.0 Å². The molecule has 0 fully saturated rings. The molecule has 0 heterocycles. The third-order valence-corrected chi connectivity index (χ3v) is 1.72. The summed E-state index contributed by atoms with van der Waals surface area (Å²) in [5.41, 5.74) is 0. The lowest BCUT2D eigenvalue weighted by atomic mass is 10.3. The summed E-state index contributed by atoms with van der Waals surface area (Å²) >= 11 is 11.5. The van der Waals surface area contributed by atoms with Crippen molar-refractivity contribution in [1.82, 2.24) is 0 Å². The van der Waals surface area contributed by atoms with E-state index in [0.717, 1.165) is 0 Å². The highest BCUT2D eigenvalue weighted by molar-refractivity contribution is 6.37. The van der Waals surface area contributed by atoms with Crippen molar-refractivity contribution in [3.8, 4) is 5.75 Å². The van der Waals surface area contributed by atoms with Gasteiger partial charge in [-0.05, 0) is 12.1 Å². The van der Waals surface area contributed by atoms with Gasteiger partial charge in [-0.3, -0.25) is 0 Å². The first-order chi connectivity index (χ1) is 5.25. The molecule has 0 amide bonds. The largest absolute Gasteiger partial charge is 0.462 e. The number of rotatable bonds is 2. The molecular formula is C8H6Cl2O. The Kier molecular flexibility index (Phi) is 2.80. The van der Waals surface area contributed by atoms with E-state index in [1.807, 2.05) is 0 Å². The molecule has 1 aromatic rings. The molecule has 0 aliphatic carbocycles. The predicted molar refractivity (Wildman–Crippen MR) is 47.3 cm³/mol. The van der Waals surface area contributed by atoms with Gasteiger partial charge < -0.3 is 4.74 Å². The van der Waals surface area contributed by atoms with E-state index >= 15 is 0 Å². The van der Waals surface area contributed by atoms with Gasteiger partial charge in [0.05, 0.1) is 16.3 Å². The maximum Gasteiger partial charge on any atom is 0.163 e. The van der Waals surface area contributed by atoms with Crippen LogP contribution in [-0.2, 0) is 0 Å². The molecular weight excluding hydrogens is 183 g/mol. The van der Waals surface area contributed by atoms with E-state index in [1.54, 1.807) is 18.2 Å². The topological polar surface area (TPSA) is 9.23 Å². The Morgan fingerprint density at radius 2 is 1.82 bits per heavy atom. The Bertz CT molecular complexity index is 251. The van der Waals surface area contributed by atoms with Crippen molar-refractivity contribution in [2.24, 2.45) is 0 Å². The molecule has 0 bridgehead atoms. The van der Waals surface area contributed by atoms with E-state index in [0.29, 0.717) is 15.8 Å². The van der Waals surface area contributed by atoms with Crippen molar-refractivity contribution < 1.29 is 4.74 Å². The lowest BCUT2D eigenvalue weighted by Crippen LogP contribution is -1.82. The quantitative estimate of drug-likeness (QED) is 0.646. The number of para-hydroxylation sites is 1. The third kappa shape index (κ3) is 1.88. The molecule has 0 saturated heterocycles. The van der Waals surface area contributed by atoms with Crippen LogP contribution in [0.4, 0.5) is 0 Å². The maximum atomic E-state index is 5.75. The monoisotopic (exact) mass is 188 g/mol. The number of hydrogen-bond donors (Lipinski definition) is 0. The predicted octanol–water partition coefficient (Wildman–Crippen LogP) is 3.52. The van der Waals surface area contributed by atoms with Crippen LogP contribution in [0.1, 0.15) is 0 Å². The number of halogens is 2. The van der Waals surface area contributed by atoms with Gasteiger partial charge in [-0.25, -0.2) is 0 Å². The van der Waals surface area contributed by atoms with Crippen LogP contribution in [0, 0.1) is 0 Å². The van der Waals surface area contributed by atoms with Gasteiger partial charge in [0.2, 0.25) is 0 Å². The Morgan fingerprint density at radius 3 is 2.27 bits per heavy atom. The van der Waals surface area contributed by atoms with Crippen LogP contribution in [-0.4, -0.2) is 0 Å². The fraction of sp³-hybridized carbons (Fsp3) is 0. The van der Waals surface area contributed by atoms with E-state index in [2.05, 4.69) is 6.58 Å².